The number of carbonyl (C=O) groups is 2. The summed E-state index contributed by atoms with van der Waals surface area (Å²) in [6.45, 7) is 2.40. The number of nitrogens with zero attached hydrogens (tertiary/aromatic N) is 8. The van der Waals surface area contributed by atoms with Crippen molar-refractivity contribution in [1.29, 1.82) is 0 Å². The highest BCUT2D eigenvalue weighted by atomic mass is 32.2. The van der Waals surface area contributed by atoms with E-state index in [1.807, 2.05) is 35.2 Å². The lowest BCUT2D eigenvalue weighted by molar-refractivity contribution is -0.127. The highest BCUT2D eigenvalue weighted by molar-refractivity contribution is 7.99. The molecule has 0 aliphatic carbocycles. The van der Waals surface area contributed by atoms with Gasteiger partial charge in [-0.1, -0.05) is 30.0 Å². The predicted molar refractivity (Wildman–Crippen MR) is 114 cm³/mol. The molecule has 1 aromatic carbocycles. The quantitative estimate of drug-likeness (QED) is 0.664. The molecule has 2 saturated heterocycles. The van der Waals surface area contributed by atoms with Gasteiger partial charge in [0.15, 0.2) is 18.2 Å². The van der Waals surface area contributed by atoms with Crippen molar-refractivity contribution in [3.05, 3.63) is 30.3 Å². The van der Waals surface area contributed by atoms with Crippen molar-refractivity contribution in [3.8, 4) is 5.69 Å². The Labute approximate surface area is 183 Å². The zero-order chi connectivity index (χ0) is 21.4. The van der Waals surface area contributed by atoms with Crippen molar-refractivity contribution in [2.45, 2.75) is 30.2 Å². The van der Waals surface area contributed by atoms with Gasteiger partial charge < -0.3 is 14.7 Å². The van der Waals surface area contributed by atoms with Crippen LogP contribution in [0.1, 0.15) is 12.8 Å². The third-order valence-electron chi connectivity index (χ3n) is 5.73. The molecule has 5 rings (SSSR count). The number of tetrazole rings is 1. The van der Waals surface area contributed by atoms with Crippen molar-refractivity contribution in [1.82, 2.24) is 40.2 Å². The number of benzene rings is 1. The number of amides is 3. The average molecular weight is 442 g/mol. The Morgan fingerprint density at radius 3 is 2.71 bits per heavy atom. The molecular formula is C19H23N9O2S. The van der Waals surface area contributed by atoms with Gasteiger partial charge in [-0.05, 0) is 35.4 Å². The van der Waals surface area contributed by atoms with Crippen LogP contribution in [0.2, 0.25) is 0 Å². The molecule has 2 atom stereocenters. The standard InChI is InChI=1S/C19H23N9O2S/c1-25-15-14(16(29)21-18(25)30)27(17(20-15)26-9-5-6-10-26)11-12-31-19-22-23-24-28(19)13-7-3-2-4-8-13/h2-4,7-8,14-15H,5-6,9-12H2,1H3,(H,21,29,30). The number of urea groups is 1. The molecule has 0 bridgehead atoms. The Kier molecular flexibility index (Phi) is 5.22. The van der Waals surface area contributed by atoms with Gasteiger partial charge in [0.2, 0.25) is 5.16 Å². The van der Waals surface area contributed by atoms with Crippen LogP contribution >= 0.6 is 11.8 Å². The lowest BCUT2D eigenvalue weighted by Crippen LogP contribution is -2.64. The zero-order valence-corrected chi connectivity index (χ0v) is 17.9. The average Bonchev–Trinajstić information content (AvgIpc) is 3.52. The summed E-state index contributed by atoms with van der Waals surface area (Å²) in [5, 5.41) is 15.2. The van der Waals surface area contributed by atoms with Gasteiger partial charge in [-0.25, -0.2) is 9.79 Å². The number of carbonyl (C=O) groups excluding carboxylic acids is 2. The minimum atomic E-state index is -0.524. The number of imide groups is 1. The number of hydrogen-bond donors (Lipinski definition) is 1. The van der Waals surface area contributed by atoms with Crippen LogP contribution in [-0.2, 0) is 4.79 Å². The second kappa shape index (κ2) is 8.17. The van der Waals surface area contributed by atoms with E-state index < -0.39 is 18.2 Å². The van der Waals surface area contributed by atoms with Crippen molar-refractivity contribution >= 4 is 29.7 Å². The monoisotopic (exact) mass is 441 g/mol. The third-order valence-corrected chi connectivity index (χ3v) is 6.63. The van der Waals surface area contributed by atoms with E-state index in [1.165, 1.54) is 16.7 Å². The van der Waals surface area contributed by atoms with Gasteiger partial charge in [-0.15, -0.1) is 5.10 Å². The Morgan fingerprint density at radius 1 is 1.16 bits per heavy atom. The number of likely N-dealkylation sites (tertiary alicyclic amines) is 1. The smallest absolute Gasteiger partial charge is 0.325 e. The first kappa shape index (κ1) is 19.8. The summed E-state index contributed by atoms with van der Waals surface area (Å²) in [5.41, 5.74) is 0.891. The molecule has 2 aromatic rings. The van der Waals surface area contributed by atoms with E-state index in [9.17, 15) is 9.59 Å². The first-order valence-electron chi connectivity index (χ1n) is 10.3. The Bertz CT molecular complexity index is 1000. The van der Waals surface area contributed by atoms with Crippen LogP contribution < -0.4 is 5.32 Å². The second-order valence-corrected chi connectivity index (χ2v) is 8.70. The van der Waals surface area contributed by atoms with Crippen molar-refractivity contribution in [2.75, 3.05) is 32.4 Å². The fourth-order valence-corrected chi connectivity index (χ4v) is 5.00. The third kappa shape index (κ3) is 3.60. The molecule has 2 fully saturated rings. The number of aromatic nitrogens is 4. The highest BCUT2D eigenvalue weighted by Crippen LogP contribution is 2.28. The molecule has 1 aromatic heterocycles. The van der Waals surface area contributed by atoms with Crippen molar-refractivity contribution in [3.63, 3.8) is 0 Å². The number of para-hydroxylation sites is 1. The number of thioether (sulfide) groups is 1. The maximum Gasteiger partial charge on any atom is 0.325 e. The Hall–Kier alpha value is -3.15. The minimum absolute atomic E-state index is 0.301. The van der Waals surface area contributed by atoms with Gasteiger partial charge in [0.1, 0.15) is 0 Å². The van der Waals surface area contributed by atoms with Gasteiger partial charge in [0, 0.05) is 32.4 Å². The minimum Gasteiger partial charge on any atom is -0.343 e. The topological polar surface area (TPSA) is 112 Å². The molecule has 0 spiro atoms. The summed E-state index contributed by atoms with van der Waals surface area (Å²) in [7, 11) is 1.68. The summed E-state index contributed by atoms with van der Waals surface area (Å²) in [6, 6.07) is 8.78. The van der Waals surface area contributed by atoms with Crippen LogP contribution in [0, 0.1) is 0 Å². The zero-order valence-electron chi connectivity index (χ0n) is 17.1. The normalized spacial score (nSPS) is 23.3. The van der Waals surface area contributed by atoms with Gasteiger partial charge in [-0.2, -0.15) is 4.68 Å². The number of guanidine groups is 1. The van der Waals surface area contributed by atoms with E-state index in [0.29, 0.717) is 17.5 Å². The van der Waals surface area contributed by atoms with E-state index in [0.717, 1.165) is 37.6 Å². The fraction of sp³-hybridized carbons (Fsp3) is 0.474. The molecule has 0 radical (unpaired) electrons. The highest BCUT2D eigenvalue weighted by Gasteiger charge is 2.49. The number of fused-ring (bicyclic) bond motifs is 1. The van der Waals surface area contributed by atoms with Crippen LogP contribution in [0.5, 0.6) is 0 Å². The van der Waals surface area contributed by atoms with Crippen molar-refractivity contribution < 1.29 is 9.59 Å². The van der Waals surface area contributed by atoms with Gasteiger partial charge in [0.05, 0.1) is 5.69 Å². The molecule has 3 amide bonds. The molecule has 0 saturated carbocycles. The first-order chi connectivity index (χ1) is 15.1. The van der Waals surface area contributed by atoms with E-state index in [-0.39, 0.29) is 5.91 Å². The molecular weight excluding hydrogens is 418 g/mol. The van der Waals surface area contributed by atoms with Crippen LogP contribution in [-0.4, -0.2) is 97.4 Å². The number of rotatable bonds is 5. The van der Waals surface area contributed by atoms with Gasteiger partial charge in [0.25, 0.3) is 5.91 Å². The van der Waals surface area contributed by atoms with Crippen LogP contribution in [0.15, 0.2) is 40.5 Å². The number of hydrogen-bond acceptors (Lipinski definition) is 9. The van der Waals surface area contributed by atoms with Crippen LogP contribution in [0.3, 0.4) is 0 Å². The van der Waals surface area contributed by atoms with Gasteiger partial charge in [-0.3, -0.25) is 10.1 Å². The number of likely N-dealkylation sites (N-methyl/N-ethyl adjacent to an activating group) is 1. The van der Waals surface area contributed by atoms with E-state index in [4.69, 9.17) is 4.99 Å². The first-order valence-corrected chi connectivity index (χ1v) is 11.3. The molecule has 11 nitrogen and oxygen atoms in total. The molecule has 4 heterocycles. The summed E-state index contributed by atoms with van der Waals surface area (Å²) in [6.07, 6.45) is 1.70. The van der Waals surface area contributed by atoms with E-state index in [1.54, 1.807) is 11.7 Å². The second-order valence-electron chi connectivity index (χ2n) is 7.64. The molecule has 3 aliphatic rings. The van der Waals surface area contributed by atoms with Crippen LogP contribution in [0.4, 0.5) is 4.79 Å². The summed E-state index contributed by atoms with van der Waals surface area (Å²) in [5.74, 6) is 1.16. The summed E-state index contributed by atoms with van der Waals surface area (Å²) < 4.78 is 1.70. The van der Waals surface area contributed by atoms with E-state index in [2.05, 4.69) is 25.7 Å². The summed E-state index contributed by atoms with van der Waals surface area (Å²) in [4.78, 5) is 35.3. The Morgan fingerprint density at radius 2 is 1.94 bits per heavy atom. The molecule has 2 unspecified atom stereocenters. The Balaban J connectivity index is 1.33. The SMILES string of the molecule is CN1C(=O)NC(=O)C2C1N=C(N1CCCC1)N2CCSc1nnnn1-c1ccccc1. The largest absolute Gasteiger partial charge is 0.343 e. The number of aliphatic imine (C=N–C) groups is 1. The maximum atomic E-state index is 12.7. The van der Waals surface area contributed by atoms with Crippen LogP contribution in [0.25, 0.3) is 5.69 Å². The molecule has 162 valence electrons. The molecule has 3 aliphatic heterocycles. The number of nitrogens with one attached hydrogen (secondary N) is 1. The molecule has 31 heavy (non-hydrogen) atoms. The predicted octanol–water partition coefficient (Wildman–Crippen LogP) is 0.398. The van der Waals surface area contributed by atoms with Crippen molar-refractivity contribution in [2.24, 2.45) is 4.99 Å². The lowest BCUT2D eigenvalue weighted by atomic mass is 10.1. The summed E-state index contributed by atoms with van der Waals surface area (Å²) >= 11 is 1.52. The maximum absolute atomic E-state index is 12.7. The van der Waals surface area contributed by atoms with Gasteiger partial charge >= 0.3 is 6.03 Å². The lowest BCUT2D eigenvalue weighted by Gasteiger charge is -2.37. The molecule has 1 N–H and O–H groups in total. The van der Waals surface area contributed by atoms with E-state index >= 15 is 0 Å². The fourth-order valence-electron chi connectivity index (χ4n) is 4.17. The molecule has 12 heteroatoms.